The predicted octanol–water partition coefficient (Wildman–Crippen LogP) is 3.80. The zero-order valence-electron chi connectivity index (χ0n) is 14.4. The van der Waals surface area contributed by atoms with Gasteiger partial charge in [-0.25, -0.2) is 4.98 Å². The molecule has 1 aliphatic rings. The maximum absolute atomic E-state index is 6.09. The minimum absolute atomic E-state index is 0.0379. The van der Waals surface area contributed by atoms with Crippen LogP contribution in [-0.2, 0) is 11.3 Å². The van der Waals surface area contributed by atoms with E-state index in [0.29, 0.717) is 11.7 Å². The van der Waals surface area contributed by atoms with E-state index in [1.54, 1.807) is 7.11 Å². The molecule has 0 saturated heterocycles. The third-order valence-electron chi connectivity index (χ3n) is 4.38. The van der Waals surface area contributed by atoms with Crippen molar-refractivity contribution in [2.75, 3.05) is 12.8 Å². The number of nitrogen functional groups attached to an aromatic ring is 1. The number of hydrogen-bond donors (Lipinski definition) is 1. The second-order valence-corrected chi connectivity index (χ2v) is 7.22. The average Bonchev–Trinajstić information content (AvgIpc) is 3.17. The van der Waals surface area contributed by atoms with Crippen LogP contribution in [0.4, 0.5) is 5.13 Å². The Kier molecular flexibility index (Phi) is 3.97. The second kappa shape index (κ2) is 6.16. The highest BCUT2D eigenvalue weighted by Gasteiger charge is 2.30. The van der Waals surface area contributed by atoms with E-state index < -0.39 is 0 Å². The third kappa shape index (κ3) is 2.89. The van der Waals surface area contributed by atoms with Crippen molar-refractivity contribution in [1.29, 1.82) is 0 Å². The van der Waals surface area contributed by atoms with Crippen molar-refractivity contribution in [2.45, 2.75) is 32.6 Å². The molecule has 25 heavy (non-hydrogen) atoms. The quantitative estimate of drug-likeness (QED) is 0.772. The average molecular weight is 356 g/mol. The monoisotopic (exact) mass is 356 g/mol. The molecule has 0 aliphatic carbocycles. The largest absolute Gasteiger partial charge is 0.497 e. The third-order valence-corrected chi connectivity index (χ3v) is 5.43. The van der Waals surface area contributed by atoms with E-state index in [4.69, 9.17) is 20.3 Å². The van der Waals surface area contributed by atoms with Gasteiger partial charge in [0.15, 0.2) is 5.13 Å². The van der Waals surface area contributed by atoms with Gasteiger partial charge in [0.2, 0.25) is 0 Å². The lowest BCUT2D eigenvalue weighted by atomic mass is 10.1. The van der Waals surface area contributed by atoms with Gasteiger partial charge in [-0.15, -0.1) is 0 Å². The number of nitrogens with two attached hydrogens (primary N) is 1. The molecule has 2 unspecified atom stereocenters. The Morgan fingerprint density at radius 3 is 2.72 bits per heavy atom. The highest BCUT2D eigenvalue weighted by atomic mass is 32.1. The summed E-state index contributed by atoms with van der Waals surface area (Å²) in [4.78, 5) is 5.59. The van der Waals surface area contributed by atoms with Gasteiger partial charge < -0.3 is 15.2 Å². The van der Waals surface area contributed by atoms with Crippen molar-refractivity contribution in [3.63, 3.8) is 0 Å². The Morgan fingerprint density at radius 1 is 1.24 bits per heavy atom. The van der Waals surface area contributed by atoms with Crippen LogP contribution < -0.4 is 10.5 Å². The molecule has 130 valence electrons. The number of fused-ring (bicyclic) bond motifs is 3. The molecule has 1 aliphatic heterocycles. The molecule has 4 rings (SSSR count). The summed E-state index contributed by atoms with van der Waals surface area (Å²) >= 11 is 1.49. The van der Waals surface area contributed by atoms with Crippen molar-refractivity contribution in [1.82, 2.24) is 14.8 Å². The summed E-state index contributed by atoms with van der Waals surface area (Å²) in [6, 6.07) is 7.99. The van der Waals surface area contributed by atoms with E-state index >= 15 is 0 Å². The van der Waals surface area contributed by atoms with Gasteiger partial charge in [-0.05, 0) is 31.5 Å². The van der Waals surface area contributed by atoms with Crippen LogP contribution in [0, 0.1) is 0 Å². The first kappa shape index (κ1) is 16.1. The van der Waals surface area contributed by atoms with E-state index in [-0.39, 0.29) is 12.2 Å². The van der Waals surface area contributed by atoms with Crippen LogP contribution in [0.1, 0.15) is 42.2 Å². The van der Waals surface area contributed by atoms with Crippen molar-refractivity contribution in [3.05, 3.63) is 46.6 Å². The summed E-state index contributed by atoms with van der Waals surface area (Å²) in [5, 5.41) is 5.32. The van der Waals surface area contributed by atoms with E-state index in [9.17, 15) is 0 Å². The SMILES string of the molecule is COc1ccc(Cn2cc3c(n2)C(C)OC(C)c2sc(N)nc2-3)cc1. The molecule has 7 heteroatoms. The number of nitrogens with zero attached hydrogens (tertiary/aromatic N) is 3. The Balaban J connectivity index is 1.71. The predicted molar refractivity (Wildman–Crippen MR) is 97.8 cm³/mol. The van der Waals surface area contributed by atoms with Crippen LogP contribution in [0.3, 0.4) is 0 Å². The van der Waals surface area contributed by atoms with E-state index in [1.807, 2.05) is 49.0 Å². The summed E-state index contributed by atoms with van der Waals surface area (Å²) in [5.41, 5.74) is 9.90. The molecular weight excluding hydrogens is 336 g/mol. The van der Waals surface area contributed by atoms with Gasteiger partial charge in [0.05, 0.1) is 30.3 Å². The van der Waals surface area contributed by atoms with Crippen LogP contribution in [0.15, 0.2) is 30.5 Å². The number of aromatic nitrogens is 3. The molecular formula is C18H20N4O2S. The van der Waals surface area contributed by atoms with Crippen molar-refractivity contribution < 1.29 is 9.47 Å². The van der Waals surface area contributed by atoms with Crippen molar-refractivity contribution in [3.8, 4) is 17.0 Å². The van der Waals surface area contributed by atoms with E-state index in [0.717, 1.165) is 33.1 Å². The summed E-state index contributed by atoms with van der Waals surface area (Å²) in [7, 11) is 1.67. The highest BCUT2D eigenvalue weighted by Crippen LogP contribution is 2.43. The Bertz CT molecular complexity index is 900. The number of ether oxygens (including phenoxy) is 2. The second-order valence-electron chi connectivity index (χ2n) is 6.16. The summed E-state index contributed by atoms with van der Waals surface area (Å²) in [6.07, 6.45) is 1.91. The fraction of sp³-hybridized carbons (Fsp3) is 0.333. The molecule has 2 aromatic heterocycles. The van der Waals surface area contributed by atoms with Gasteiger partial charge in [-0.2, -0.15) is 5.10 Å². The first-order valence-electron chi connectivity index (χ1n) is 8.17. The van der Waals surface area contributed by atoms with Crippen LogP contribution in [0.5, 0.6) is 5.75 Å². The standard InChI is InChI=1S/C18H20N4O2S/c1-10-15-14(16-17(11(2)24-10)25-18(19)20-16)9-22(21-15)8-12-4-6-13(23-3)7-5-12/h4-7,9-11H,8H2,1-3H3,(H2,19,20). The van der Waals surface area contributed by atoms with Gasteiger partial charge in [0.25, 0.3) is 0 Å². The van der Waals surface area contributed by atoms with E-state index in [2.05, 4.69) is 4.98 Å². The molecule has 6 nitrogen and oxygen atoms in total. The number of rotatable bonds is 3. The minimum atomic E-state index is -0.0928. The first-order chi connectivity index (χ1) is 12.0. The number of methoxy groups -OCH3 is 1. The topological polar surface area (TPSA) is 75.2 Å². The van der Waals surface area contributed by atoms with Gasteiger partial charge in [0.1, 0.15) is 17.5 Å². The first-order valence-corrected chi connectivity index (χ1v) is 8.99. The molecule has 2 N–H and O–H groups in total. The zero-order valence-corrected chi connectivity index (χ0v) is 15.2. The van der Waals surface area contributed by atoms with E-state index in [1.165, 1.54) is 11.3 Å². The molecule has 1 aromatic carbocycles. The Labute approximate surface area is 150 Å². The van der Waals surface area contributed by atoms with Crippen LogP contribution in [0.2, 0.25) is 0 Å². The molecule has 0 amide bonds. The lowest BCUT2D eigenvalue weighted by molar-refractivity contribution is 0.00747. The Morgan fingerprint density at radius 2 is 2.00 bits per heavy atom. The molecule has 3 aromatic rings. The minimum Gasteiger partial charge on any atom is -0.497 e. The van der Waals surface area contributed by atoms with Crippen LogP contribution >= 0.6 is 11.3 Å². The van der Waals surface area contributed by atoms with Gasteiger partial charge in [-0.3, -0.25) is 4.68 Å². The van der Waals surface area contributed by atoms with Crippen molar-refractivity contribution in [2.24, 2.45) is 0 Å². The summed E-state index contributed by atoms with van der Waals surface area (Å²) in [6.45, 7) is 4.73. The lowest BCUT2D eigenvalue weighted by Crippen LogP contribution is -2.06. The highest BCUT2D eigenvalue weighted by molar-refractivity contribution is 7.15. The van der Waals surface area contributed by atoms with Gasteiger partial charge in [0, 0.05) is 11.8 Å². The number of hydrogen-bond acceptors (Lipinski definition) is 6. The number of benzene rings is 1. The zero-order chi connectivity index (χ0) is 17.6. The Hall–Kier alpha value is -2.38. The van der Waals surface area contributed by atoms with Gasteiger partial charge in [-0.1, -0.05) is 23.5 Å². The molecule has 0 spiro atoms. The normalized spacial score (nSPS) is 19.2. The molecule has 0 saturated carbocycles. The molecule has 0 bridgehead atoms. The summed E-state index contributed by atoms with van der Waals surface area (Å²) in [5.74, 6) is 0.846. The maximum Gasteiger partial charge on any atom is 0.180 e. The fourth-order valence-corrected chi connectivity index (χ4v) is 4.00. The summed E-state index contributed by atoms with van der Waals surface area (Å²) < 4.78 is 13.2. The van der Waals surface area contributed by atoms with Crippen LogP contribution in [0.25, 0.3) is 11.3 Å². The smallest absolute Gasteiger partial charge is 0.180 e. The molecule has 3 heterocycles. The number of anilines is 1. The van der Waals surface area contributed by atoms with Crippen molar-refractivity contribution >= 4 is 16.5 Å². The molecule has 0 fully saturated rings. The van der Waals surface area contributed by atoms with Gasteiger partial charge >= 0.3 is 0 Å². The maximum atomic E-state index is 6.09. The molecule has 0 radical (unpaired) electrons. The lowest BCUT2D eigenvalue weighted by Gasteiger charge is -2.14. The van der Waals surface area contributed by atoms with Crippen LogP contribution in [-0.4, -0.2) is 21.9 Å². The fourth-order valence-electron chi connectivity index (χ4n) is 3.17. The molecule has 2 atom stereocenters. The number of thiazole rings is 1.